The highest BCUT2D eigenvalue weighted by molar-refractivity contribution is 6.32. The number of nitrogens with two attached hydrogens (primary N) is 1. The van der Waals surface area contributed by atoms with Gasteiger partial charge in [-0.1, -0.05) is 23.2 Å². The van der Waals surface area contributed by atoms with Crippen LogP contribution in [-0.2, 0) is 0 Å². The number of carbonyl (C=O) groups excluding carboxylic acids is 2. The summed E-state index contributed by atoms with van der Waals surface area (Å²) in [6, 6.07) is 7.70. The van der Waals surface area contributed by atoms with Crippen LogP contribution in [0.3, 0.4) is 0 Å². The maximum atomic E-state index is 13.0. The number of amides is 2. The molecule has 8 nitrogen and oxygen atoms in total. The van der Waals surface area contributed by atoms with Gasteiger partial charge >= 0.3 is 0 Å². The number of hydrogen-bond acceptors (Lipinski definition) is 5. The van der Waals surface area contributed by atoms with Crippen molar-refractivity contribution in [1.29, 1.82) is 0 Å². The Morgan fingerprint density at radius 2 is 2.00 bits per heavy atom. The molecule has 2 heterocycles. The van der Waals surface area contributed by atoms with Gasteiger partial charge in [-0.2, -0.15) is 0 Å². The van der Waals surface area contributed by atoms with Crippen molar-refractivity contribution in [1.82, 2.24) is 14.8 Å². The summed E-state index contributed by atoms with van der Waals surface area (Å²) < 4.78 is 6.38. The fourth-order valence-electron chi connectivity index (χ4n) is 2.60. The molecule has 1 aromatic carbocycles. The van der Waals surface area contributed by atoms with Crippen LogP contribution in [0.2, 0.25) is 10.0 Å². The molecule has 3 N–H and O–H groups in total. The highest BCUT2D eigenvalue weighted by Crippen LogP contribution is 2.27. The van der Waals surface area contributed by atoms with Gasteiger partial charge in [0, 0.05) is 17.3 Å². The third-order valence-corrected chi connectivity index (χ3v) is 4.39. The van der Waals surface area contributed by atoms with E-state index in [1.807, 2.05) is 0 Å². The van der Waals surface area contributed by atoms with E-state index in [-0.39, 0.29) is 28.6 Å². The molecule has 0 aliphatic carbocycles. The van der Waals surface area contributed by atoms with Crippen LogP contribution in [0.1, 0.15) is 26.4 Å². The second kappa shape index (κ2) is 7.87. The molecule has 0 saturated carbocycles. The number of halogens is 2. The molecule has 3 rings (SSSR count). The molecule has 0 aliphatic heterocycles. The summed E-state index contributed by atoms with van der Waals surface area (Å²) in [4.78, 5) is 28.9. The van der Waals surface area contributed by atoms with Crippen LogP contribution in [-0.4, -0.2) is 33.7 Å². The number of ether oxygens (including phenoxy) is 1. The minimum atomic E-state index is -0.722. The van der Waals surface area contributed by atoms with Gasteiger partial charge in [-0.15, -0.1) is 5.10 Å². The molecule has 0 saturated heterocycles. The van der Waals surface area contributed by atoms with E-state index in [1.54, 1.807) is 25.1 Å². The number of nitrogens with zero attached hydrogens (tertiary/aromatic N) is 3. The Balaban J connectivity index is 2.07. The second-order valence-corrected chi connectivity index (χ2v) is 6.60. The Morgan fingerprint density at radius 1 is 1.25 bits per heavy atom. The fourth-order valence-corrected chi connectivity index (χ4v) is 3.07. The van der Waals surface area contributed by atoms with Crippen molar-refractivity contribution in [3.05, 3.63) is 63.4 Å². The van der Waals surface area contributed by atoms with Gasteiger partial charge in [-0.3, -0.25) is 9.59 Å². The van der Waals surface area contributed by atoms with Crippen molar-refractivity contribution in [3.8, 4) is 11.7 Å². The lowest BCUT2D eigenvalue weighted by Gasteiger charge is -2.13. The summed E-state index contributed by atoms with van der Waals surface area (Å²) in [7, 11) is 1.42. The second-order valence-electron chi connectivity index (χ2n) is 5.76. The van der Waals surface area contributed by atoms with E-state index in [2.05, 4.69) is 15.4 Å². The predicted octanol–water partition coefficient (Wildman–Crippen LogP) is 3.24. The van der Waals surface area contributed by atoms with Crippen LogP contribution in [0.4, 0.5) is 5.69 Å². The Kier molecular flexibility index (Phi) is 5.53. The summed E-state index contributed by atoms with van der Waals surface area (Å²) in [5.74, 6) is -0.847. The molecule has 144 valence electrons. The van der Waals surface area contributed by atoms with Crippen molar-refractivity contribution in [2.45, 2.75) is 6.92 Å². The van der Waals surface area contributed by atoms with Crippen LogP contribution in [0, 0.1) is 6.92 Å². The molecule has 28 heavy (non-hydrogen) atoms. The molecule has 0 radical (unpaired) electrons. The summed E-state index contributed by atoms with van der Waals surface area (Å²) in [5, 5.41) is 7.50. The maximum absolute atomic E-state index is 13.0. The molecule has 0 fully saturated rings. The molecule has 10 heteroatoms. The van der Waals surface area contributed by atoms with Crippen LogP contribution in [0.5, 0.6) is 5.88 Å². The smallest absolute Gasteiger partial charge is 0.274 e. The number of methoxy groups -OCH3 is 1. The first-order valence-electron chi connectivity index (χ1n) is 7.98. The Bertz CT molecular complexity index is 1080. The lowest BCUT2D eigenvalue weighted by Crippen LogP contribution is -2.21. The zero-order valence-corrected chi connectivity index (χ0v) is 16.4. The van der Waals surface area contributed by atoms with Gasteiger partial charge in [0.2, 0.25) is 5.88 Å². The van der Waals surface area contributed by atoms with Crippen LogP contribution in [0.25, 0.3) is 5.82 Å². The predicted molar refractivity (Wildman–Crippen MR) is 106 cm³/mol. The molecular weight excluding hydrogens is 405 g/mol. The molecule has 0 unspecified atom stereocenters. The minimum Gasteiger partial charge on any atom is -0.480 e. The molecule has 0 bridgehead atoms. The van der Waals surface area contributed by atoms with Gasteiger partial charge in [0.25, 0.3) is 11.8 Å². The largest absolute Gasteiger partial charge is 0.480 e. The summed E-state index contributed by atoms with van der Waals surface area (Å²) in [6.45, 7) is 1.70. The normalized spacial score (nSPS) is 10.6. The number of aromatic nitrogens is 3. The molecule has 3 aromatic rings. The number of rotatable bonds is 5. The van der Waals surface area contributed by atoms with E-state index in [0.717, 1.165) is 0 Å². The number of nitrogens with one attached hydrogen (secondary N) is 1. The first-order chi connectivity index (χ1) is 13.3. The number of primary amides is 1. The zero-order chi connectivity index (χ0) is 20.4. The molecule has 0 aliphatic rings. The standard InChI is InChI=1S/C18H15Cl2N5O3/c1-9-6-10(19)7-11(16(21)26)15(9)23-18(27)13-8-14(28-2)24-25(13)17-12(20)4-3-5-22-17/h3-8H,1-2H3,(H2,21,26)(H,23,27). The molecule has 2 aromatic heterocycles. The summed E-state index contributed by atoms with van der Waals surface area (Å²) in [6.07, 6.45) is 1.52. The Hall–Kier alpha value is -3.10. The molecule has 0 atom stereocenters. The highest BCUT2D eigenvalue weighted by Gasteiger charge is 2.22. The fraction of sp³-hybridized carbons (Fsp3) is 0.111. The monoisotopic (exact) mass is 419 g/mol. The van der Waals surface area contributed by atoms with Crippen LogP contribution >= 0.6 is 23.2 Å². The van der Waals surface area contributed by atoms with E-state index in [9.17, 15) is 9.59 Å². The number of benzene rings is 1. The average Bonchev–Trinajstić information content (AvgIpc) is 3.08. The quantitative estimate of drug-likeness (QED) is 0.658. The van der Waals surface area contributed by atoms with E-state index in [0.29, 0.717) is 15.6 Å². The first kappa shape index (κ1) is 19.7. The zero-order valence-electron chi connectivity index (χ0n) is 14.9. The third kappa shape index (κ3) is 3.78. The van der Waals surface area contributed by atoms with E-state index < -0.39 is 11.8 Å². The van der Waals surface area contributed by atoms with Gasteiger partial charge in [0.05, 0.1) is 23.4 Å². The number of carbonyl (C=O) groups is 2. The van der Waals surface area contributed by atoms with Crippen LogP contribution < -0.4 is 15.8 Å². The topological polar surface area (TPSA) is 112 Å². The van der Waals surface area contributed by atoms with Gasteiger partial charge in [0.1, 0.15) is 5.69 Å². The Labute approximate surface area is 170 Å². The minimum absolute atomic E-state index is 0.0900. The third-order valence-electron chi connectivity index (χ3n) is 3.87. The van der Waals surface area contributed by atoms with Crippen molar-refractivity contribution < 1.29 is 14.3 Å². The number of hydrogen-bond donors (Lipinski definition) is 2. The number of pyridine rings is 1. The molecule has 2 amide bonds. The van der Waals surface area contributed by atoms with E-state index in [1.165, 1.54) is 30.1 Å². The van der Waals surface area contributed by atoms with E-state index in [4.69, 9.17) is 33.7 Å². The van der Waals surface area contributed by atoms with Crippen LogP contribution in [0.15, 0.2) is 36.5 Å². The van der Waals surface area contributed by atoms with Crippen molar-refractivity contribution >= 4 is 40.7 Å². The number of aryl methyl sites for hydroxylation is 1. The molecular formula is C18H15Cl2N5O3. The average molecular weight is 420 g/mol. The van der Waals surface area contributed by atoms with Gasteiger partial charge in [-0.25, -0.2) is 9.67 Å². The SMILES string of the molecule is COc1cc(C(=O)Nc2c(C)cc(Cl)cc2C(N)=O)n(-c2ncccc2Cl)n1. The van der Waals surface area contributed by atoms with Crippen molar-refractivity contribution in [3.63, 3.8) is 0 Å². The lowest BCUT2D eigenvalue weighted by atomic mass is 10.1. The Morgan fingerprint density at radius 3 is 2.64 bits per heavy atom. The lowest BCUT2D eigenvalue weighted by molar-refractivity contribution is 0.100. The van der Waals surface area contributed by atoms with Gasteiger partial charge in [-0.05, 0) is 36.8 Å². The van der Waals surface area contributed by atoms with Gasteiger partial charge in [0.15, 0.2) is 5.82 Å². The van der Waals surface area contributed by atoms with Crippen molar-refractivity contribution in [2.24, 2.45) is 5.73 Å². The molecule has 0 spiro atoms. The van der Waals surface area contributed by atoms with Gasteiger partial charge < -0.3 is 15.8 Å². The van der Waals surface area contributed by atoms with E-state index >= 15 is 0 Å². The number of anilines is 1. The van der Waals surface area contributed by atoms with Crippen molar-refractivity contribution in [2.75, 3.05) is 12.4 Å². The first-order valence-corrected chi connectivity index (χ1v) is 8.73. The highest BCUT2D eigenvalue weighted by atomic mass is 35.5. The maximum Gasteiger partial charge on any atom is 0.274 e. The summed E-state index contributed by atoms with van der Waals surface area (Å²) >= 11 is 12.2. The summed E-state index contributed by atoms with van der Waals surface area (Å²) in [5.41, 5.74) is 6.43.